The molecule has 0 N–H and O–H groups in total. The minimum absolute atomic E-state index is 0.0203. The van der Waals surface area contributed by atoms with Gasteiger partial charge in [0.05, 0.1) is 26.2 Å². The molecular formula is C9H3Cl3N2S. The lowest BCUT2D eigenvalue weighted by Gasteiger charge is -2.09. The van der Waals surface area contributed by atoms with Crippen LogP contribution in [-0.4, -0.2) is 6.26 Å². The van der Waals surface area contributed by atoms with Crippen LogP contribution in [0.2, 0.25) is 15.1 Å². The van der Waals surface area contributed by atoms with Gasteiger partial charge < -0.3 is 0 Å². The fourth-order valence-corrected chi connectivity index (χ4v) is 2.81. The molecule has 0 saturated heterocycles. The molecule has 0 spiro atoms. The Labute approximate surface area is 106 Å². The standard InChI is InChI=1S/C9H3Cl3N2S/c1-15-9-7(11)5(3-14)4(2-13)6(10)8(9)12/h1H3. The summed E-state index contributed by atoms with van der Waals surface area (Å²) in [7, 11) is 0. The molecule has 1 aromatic rings. The van der Waals surface area contributed by atoms with Crippen LogP contribution >= 0.6 is 46.6 Å². The van der Waals surface area contributed by atoms with Crippen molar-refractivity contribution in [3.8, 4) is 12.1 Å². The van der Waals surface area contributed by atoms with Crippen molar-refractivity contribution in [3.05, 3.63) is 26.2 Å². The molecular weight excluding hydrogens is 275 g/mol. The largest absolute Gasteiger partial charge is 0.192 e. The Morgan fingerprint density at radius 1 is 0.933 bits per heavy atom. The van der Waals surface area contributed by atoms with Gasteiger partial charge in [0.15, 0.2) is 0 Å². The van der Waals surface area contributed by atoms with Crippen molar-refractivity contribution < 1.29 is 0 Å². The van der Waals surface area contributed by atoms with Gasteiger partial charge in [-0.2, -0.15) is 10.5 Å². The molecule has 0 bridgehead atoms. The fraction of sp³-hybridized carbons (Fsp3) is 0.111. The van der Waals surface area contributed by atoms with Crippen LogP contribution in [0.1, 0.15) is 11.1 Å². The average molecular weight is 278 g/mol. The van der Waals surface area contributed by atoms with Crippen molar-refractivity contribution in [2.45, 2.75) is 4.90 Å². The zero-order valence-corrected chi connectivity index (χ0v) is 10.5. The molecule has 15 heavy (non-hydrogen) atoms. The van der Waals surface area contributed by atoms with Gasteiger partial charge in [0.1, 0.15) is 12.1 Å². The van der Waals surface area contributed by atoms with Gasteiger partial charge in [-0.25, -0.2) is 0 Å². The van der Waals surface area contributed by atoms with E-state index in [9.17, 15) is 0 Å². The zero-order valence-electron chi connectivity index (χ0n) is 7.44. The SMILES string of the molecule is CSc1c(Cl)c(Cl)c(C#N)c(C#N)c1Cl. The van der Waals surface area contributed by atoms with Gasteiger partial charge in [0, 0.05) is 4.90 Å². The molecule has 1 rings (SSSR count). The number of halogens is 3. The fourth-order valence-electron chi connectivity index (χ4n) is 1.03. The maximum Gasteiger partial charge on any atom is 0.102 e. The monoisotopic (exact) mass is 276 g/mol. The number of benzene rings is 1. The molecule has 0 radical (unpaired) electrons. The van der Waals surface area contributed by atoms with Crippen molar-refractivity contribution in [1.82, 2.24) is 0 Å². The molecule has 1 aromatic carbocycles. The van der Waals surface area contributed by atoms with Crippen LogP contribution in [-0.2, 0) is 0 Å². The topological polar surface area (TPSA) is 47.6 Å². The molecule has 0 heterocycles. The van der Waals surface area contributed by atoms with E-state index in [0.29, 0.717) is 4.90 Å². The highest BCUT2D eigenvalue weighted by molar-refractivity contribution is 7.98. The maximum absolute atomic E-state index is 8.87. The van der Waals surface area contributed by atoms with Crippen LogP contribution in [0.4, 0.5) is 0 Å². The lowest BCUT2D eigenvalue weighted by molar-refractivity contribution is 1.36. The van der Waals surface area contributed by atoms with E-state index in [2.05, 4.69) is 0 Å². The van der Waals surface area contributed by atoms with Crippen LogP contribution in [0, 0.1) is 22.7 Å². The summed E-state index contributed by atoms with van der Waals surface area (Å²) in [5.41, 5.74) is 0.0879. The zero-order chi connectivity index (χ0) is 11.6. The Bertz CT molecular complexity index is 496. The predicted molar refractivity (Wildman–Crippen MR) is 62.7 cm³/mol. The van der Waals surface area contributed by atoms with E-state index in [1.54, 1.807) is 6.26 Å². The Hall–Kier alpha value is -0.580. The quantitative estimate of drug-likeness (QED) is 0.573. The Kier molecular flexibility index (Phi) is 4.13. The number of hydrogen-bond acceptors (Lipinski definition) is 3. The van der Waals surface area contributed by atoms with E-state index in [1.807, 2.05) is 12.1 Å². The van der Waals surface area contributed by atoms with Crippen molar-refractivity contribution in [3.63, 3.8) is 0 Å². The lowest BCUT2D eigenvalue weighted by atomic mass is 10.1. The minimum atomic E-state index is 0.0203. The molecule has 0 unspecified atom stereocenters. The molecule has 0 aromatic heterocycles. The highest BCUT2D eigenvalue weighted by atomic mass is 35.5. The Morgan fingerprint density at radius 3 is 1.80 bits per heavy atom. The second-order valence-corrected chi connectivity index (χ2v) is 4.40. The van der Waals surface area contributed by atoms with E-state index in [0.717, 1.165) is 0 Å². The number of nitrogens with zero attached hydrogens (tertiary/aromatic N) is 2. The van der Waals surface area contributed by atoms with Gasteiger partial charge in [-0.15, -0.1) is 11.8 Å². The lowest BCUT2D eigenvalue weighted by Crippen LogP contribution is -1.91. The van der Waals surface area contributed by atoms with Gasteiger partial charge in [0.25, 0.3) is 0 Å². The van der Waals surface area contributed by atoms with E-state index >= 15 is 0 Å². The predicted octanol–water partition coefficient (Wildman–Crippen LogP) is 4.11. The van der Waals surface area contributed by atoms with Crippen LogP contribution < -0.4 is 0 Å². The molecule has 0 fully saturated rings. The van der Waals surface area contributed by atoms with Gasteiger partial charge >= 0.3 is 0 Å². The first-order valence-electron chi connectivity index (χ1n) is 3.63. The van der Waals surface area contributed by atoms with Gasteiger partial charge in [-0.1, -0.05) is 34.8 Å². The number of rotatable bonds is 1. The summed E-state index contributed by atoms with van der Waals surface area (Å²) < 4.78 is 0. The Morgan fingerprint density at radius 2 is 1.40 bits per heavy atom. The highest BCUT2D eigenvalue weighted by Gasteiger charge is 2.20. The third-order valence-corrected chi connectivity index (χ3v) is 3.98. The van der Waals surface area contributed by atoms with Crippen molar-refractivity contribution in [1.29, 1.82) is 10.5 Å². The summed E-state index contributed by atoms with van der Waals surface area (Å²) in [6.45, 7) is 0. The summed E-state index contributed by atoms with van der Waals surface area (Å²) in [5, 5.41) is 18.2. The Balaban J connectivity index is 3.77. The molecule has 0 aliphatic heterocycles. The van der Waals surface area contributed by atoms with Crippen LogP contribution in [0.5, 0.6) is 0 Å². The first kappa shape index (κ1) is 12.5. The third-order valence-electron chi connectivity index (χ3n) is 1.71. The van der Waals surface area contributed by atoms with Crippen molar-refractivity contribution in [2.75, 3.05) is 6.26 Å². The molecule has 0 saturated carbocycles. The second kappa shape index (κ2) is 4.96. The van der Waals surface area contributed by atoms with Crippen molar-refractivity contribution >= 4 is 46.6 Å². The molecule has 2 nitrogen and oxygen atoms in total. The normalized spacial score (nSPS) is 9.47. The van der Waals surface area contributed by atoms with E-state index in [-0.39, 0.29) is 26.2 Å². The third kappa shape index (κ3) is 2.02. The highest BCUT2D eigenvalue weighted by Crippen LogP contribution is 2.42. The van der Waals surface area contributed by atoms with Crippen molar-refractivity contribution in [2.24, 2.45) is 0 Å². The van der Waals surface area contributed by atoms with Gasteiger partial charge in [0.2, 0.25) is 0 Å². The van der Waals surface area contributed by atoms with Crippen LogP contribution in [0.25, 0.3) is 0 Å². The number of nitriles is 2. The second-order valence-electron chi connectivity index (χ2n) is 2.45. The molecule has 0 amide bonds. The number of thioether (sulfide) groups is 1. The smallest absolute Gasteiger partial charge is 0.102 e. The summed E-state index contributed by atoms with van der Waals surface area (Å²) >= 11 is 19.0. The first-order valence-corrected chi connectivity index (χ1v) is 5.99. The van der Waals surface area contributed by atoms with E-state index in [1.165, 1.54) is 11.8 Å². The number of hydrogen-bond donors (Lipinski definition) is 0. The molecule has 0 atom stereocenters. The summed E-state index contributed by atoms with van der Waals surface area (Å²) in [6.07, 6.45) is 1.76. The van der Waals surface area contributed by atoms with Gasteiger partial charge in [-0.3, -0.25) is 0 Å². The first-order chi connectivity index (χ1) is 7.08. The van der Waals surface area contributed by atoms with E-state index < -0.39 is 0 Å². The van der Waals surface area contributed by atoms with Crippen LogP contribution in [0.3, 0.4) is 0 Å². The summed E-state index contributed by atoms with van der Waals surface area (Å²) in [6, 6.07) is 3.66. The van der Waals surface area contributed by atoms with Gasteiger partial charge in [-0.05, 0) is 6.26 Å². The molecule has 0 aliphatic carbocycles. The summed E-state index contributed by atoms with van der Waals surface area (Å²) in [4.78, 5) is 0.513. The molecule has 6 heteroatoms. The van der Waals surface area contributed by atoms with Crippen LogP contribution in [0.15, 0.2) is 4.90 Å². The van der Waals surface area contributed by atoms with E-state index in [4.69, 9.17) is 45.3 Å². The minimum Gasteiger partial charge on any atom is -0.192 e. The maximum atomic E-state index is 8.87. The average Bonchev–Trinajstić information content (AvgIpc) is 2.23. The molecule has 0 aliphatic rings. The molecule has 76 valence electrons. The summed E-state index contributed by atoms with van der Waals surface area (Å²) in [5.74, 6) is 0.